The number of unbranched alkanes of at least 4 members (excludes halogenated alkanes) is 1. The standard InChI is InChI=1S/C11H24N2O3S/c1-3-5-7-12(6-4-2)17(14,15)13-8-10-16-11-9-13/h3-11H2,1-2H3. The van der Waals surface area contributed by atoms with Crippen molar-refractivity contribution in [3.8, 4) is 0 Å². The molecule has 1 fully saturated rings. The predicted molar refractivity (Wildman–Crippen MR) is 68.1 cm³/mol. The molecule has 0 aromatic carbocycles. The summed E-state index contributed by atoms with van der Waals surface area (Å²) in [5, 5.41) is 0. The third-order valence-corrected chi connectivity index (χ3v) is 4.89. The van der Waals surface area contributed by atoms with Gasteiger partial charge in [0.1, 0.15) is 0 Å². The van der Waals surface area contributed by atoms with Gasteiger partial charge >= 0.3 is 0 Å². The molecule has 6 heteroatoms. The number of hydrogen-bond donors (Lipinski definition) is 0. The first-order chi connectivity index (χ1) is 8.12. The van der Waals surface area contributed by atoms with E-state index in [-0.39, 0.29) is 0 Å². The Kier molecular flexibility index (Phi) is 6.40. The maximum absolute atomic E-state index is 12.4. The molecular weight excluding hydrogens is 240 g/mol. The number of rotatable bonds is 7. The zero-order valence-electron chi connectivity index (χ0n) is 10.9. The summed E-state index contributed by atoms with van der Waals surface area (Å²) < 4.78 is 33.1. The molecule has 0 aromatic rings. The molecule has 0 spiro atoms. The van der Waals surface area contributed by atoms with Gasteiger partial charge in [-0.25, -0.2) is 0 Å². The Bertz CT molecular complexity index is 300. The van der Waals surface area contributed by atoms with Crippen LogP contribution in [0.1, 0.15) is 33.1 Å². The minimum absolute atomic E-state index is 0.481. The number of morpholine rings is 1. The fourth-order valence-corrected chi connectivity index (χ4v) is 3.58. The van der Waals surface area contributed by atoms with Crippen molar-refractivity contribution in [2.45, 2.75) is 33.1 Å². The first kappa shape index (κ1) is 14.9. The molecule has 17 heavy (non-hydrogen) atoms. The highest BCUT2D eigenvalue weighted by molar-refractivity contribution is 7.86. The summed E-state index contributed by atoms with van der Waals surface area (Å²) in [4.78, 5) is 0. The third-order valence-electron chi connectivity index (χ3n) is 2.86. The van der Waals surface area contributed by atoms with Gasteiger partial charge in [-0.1, -0.05) is 20.3 Å². The summed E-state index contributed by atoms with van der Waals surface area (Å²) in [5.74, 6) is 0. The average molecular weight is 264 g/mol. The summed E-state index contributed by atoms with van der Waals surface area (Å²) in [6.07, 6.45) is 2.79. The predicted octanol–water partition coefficient (Wildman–Crippen LogP) is 1.08. The smallest absolute Gasteiger partial charge is 0.282 e. The summed E-state index contributed by atoms with van der Waals surface area (Å²) >= 11 is 0. The van der Waals surface area contributed by atoms with E-state index in [9.17, 15) is 8.42 Å². The fourth-order valence-electron chi connectivity index (χ4n) is 1.87. The molecule has 102 valence electrons. The van der Waals surface area contributed by atoms with Crippen molar-refractivity contribution in [2.75, 3.05) is 39.4 Å². The quantitative estimate of drug-likeness (QED) is 0.691. The highest BCUT2D eigenvalue weighted by Crippen LogP contribution is 2.12. The zero-order chi connectivity index (χ0) is 12.7. The van der Waals surface area contributed by atoms with Crippen molar-refractivity contribution in [3.05, 3.63) is 0 Å². The Morgan fingerprint density at radius 3 is 2.29 bits per heavy atom. The van der Waals surface area contributed by atoms with Gasteiger partial charge in [-0.2, -0.15) is 17.0 Å². The minimum atomic E-state index is -3.27. The molecule has 1 rings (SSSR count). The molecule has 0 amide bonds. The number of hydrogen-bond acceptors (Lipinski definition) is 3. The molecule has 0 aliphatic carbocycles. The van der Waals surface area contributed by atoms with E-state index in [0.717, 1.165) is 19.3 Å². The molecular formula is C11H24N2O3S. The first-order valence-corrected chi connectivity index (χ1v) is 7.85. The van der Waals surface area contributed by atoms with Crippen molar-refractivity contribution in [1.29, 1.82) is 0 Å². The van der Waals surface area contributed by atoms with Crippen LogP contribution in [0, 0.1) is 0 Å². The van der Waals surface area contributed by atoms with E-state index in [1.54, 1.807) is 8.61 Å². The van der Waals surface area contributed by atoms with Crippen molar-refractivity contribution in [3.63, 3.8) is 0 Å². The van der Waals surface area contributed by atoms with Crippen LogP contribution >= 0.6 is 0 Å². The van der Waals surface area contributed by atoms with Crippen molar-refractivity contribution in [1.82, 2.24) is 8.61 Å². The van der Waals surface area contributed by atoms with Gasteiger partial charge in [0.2, 0.25) is 0 Å². The van der Waals surface area contributed by atoms with Gasteiger partial charge < -0.3 is 4.74 Å². The second-order valence-corrected chi connectivity index (χ2v) is 6.20. The Hall–Kier alpha value is -0.170. The van der Waals surface area contributed by atoms with Gasteiger partial charge in [-0.05, 0) is 12.8 Å². The second-order valence-electron chi connectivity index (χ2n) is 4.27. The van der Waals surface area contributed by atoms with E-state index in [2.05, 4.69) is 6.92 Å². The lowest BCUT2D eigenvalue weighted by Crippen LogP contribution is -2.49. The van der Waals surface area contributed by atoms with Gasteiger partial charge in [0.25, 0.3) is 10.2 Å². The lowest BCUT2D eigenvalue weighted by Gasteiger charge is -2.31. The molecule has 0 N–H and O–H groups in total. The third kappa shape index (κ3) is 4.21. The monoisotopic (exact) mass is 264 g/mol. The van der Waals surface area contributed by atoms with Crippen molar-refractivity contribution in [2.24, 2.45) is 0 Å². The summed E-state index contributed by atoms with van der Waals surface area (Å²) in [7, 11) is -3.27. The lowest BCUT2D eigenvalue weighted by molar-refractivity contribution is 0.0701. The van der Waals surface area contributed by atoms with E-state index < -0.39 is 10.2 Å². The molecule has 1 aliphatic heterocycles. The van der Waals surface area contributed by atoms with E-state index in [0.29, 0.717) is 39.4 Å². The first-order valence-electron chi connectivity index (χ1n) is 6.45. The van der Waals surface area contributed by atoms with Crippen LogP contribution in [0.15, 0.2) is 0 Å². The van der Waals surface area contributed by atoms with Crippen molar-refractivity contribution < 1.29 is 13.2 Å². The van der Waals surface area contributed by atoms with Crippen LogP contribution in [-0.2, 0) is 14.9 Å². The van der Waals surface area contributed by atoms with Crippen LogP contribution in [0.25, 0.3) is 0 Å². The SMILES string of the molecule is CCCCN(CCC)S(=O)(=O)N1CCOCC1. The normalized spacial score (nSPS) is 18.8. The van der Waals surface area contributed by atoms with Gasteiger partial charge in [0.05, 0.1) is 13.2 Å². The van der Waals surface area contributed by atoms with E-state index in [1.165, 1.54) is 0 Å². The Morgan fingerprint density at radius 2 is 1.76 bits per heavy atom. The molecule has 0 bridgehead atoms. The molecule has 0 atom stereocenters. The van der Waals surface area contributed by atoms with Crippen LogP contribution in [0.2, 0.25) is 0 Å². The van der Waals surface area contributed by atoms with E-state index >= 15 is 0 Å². The highest BCUT2D eigenvalue weighted by Gasteiger charge is 2.29. The van der Waals surface area contributed by atoms with Crippen LogP contribution < -0.4 is 0 Å². The molecule has 0 aromatic heterocycles. The molecule has 0 unspecified atom stereocenters. The van der Waals surface area contributed by atoms with E-state index in [1.807, 2.05) is 6.92 Å². The highest BCUT2D eigenvalue weighted by atomic mass is 32.2. The maximum Gasteiger partial charge on any atom is 0.282 e. The molecule has 1 heterocycles. The minimum Gasteiger partial charge on any atom is -0.379 e. The molecule has 1 aliphatic rings. The lowest BCUT2D eigenvalue weighted by atomic mass is 10.3. The van der Waals surface area contributed by atoms with Crippen molar-refractivity contribution >= 4 is 10.2 Å². The maximum atomic E-state index is 12.4. The van der Waals surface area contributed by atoms with Crippen LogP contribution in [0.4, 0.5) is 0 Å². The summed E-state index contributed by atoms with van der Waals surface area (Å²) in [5.41, 5.74) is 0. The molecule has 1 saturated heterocycles. The Labute approximate surface area is 105 Å². The van der Waals surface area contributed by atoms with Gasteiger partial charge in [0, 0.05) is 26.2 Å². The van der Waals surface area contributed by atoms with Crippen LogP contribution in [-0.4, -0.2) is 56.4 Å². The molecule has 0 saturated carbocycles. The number of ether oxygens (including phenoxy) is 1. The van der Waals surface area contributed by atoms with Crippen LogP contribution in [0.5, 0.6) is 0 Å². The number of nitrogens with zero attached hydrogens (tertiary/aromatic N) is 2. The fraction of sp³-hybridized carbons (Fsp3) is 1.00. The average Bonchev–Trinajstić information content (AvgIpc) is 2.35. The molecule has 0 radical (unpaired) electrons. The van der Waals surface area contributed by atoms with Gasteiger partial charge in [0.15, 0.2) is 0 Å². The zero-order valence-corrected chi connectivity index (χ0v) is 11.7. The van der Waals surface area contributed by atoms with Gasteiger partial charge in [-0.15, -0.1) is 0 Å². The van der Waals surface area contributed by atoms with Crippen LogP contribution in [0.3, 0.4) is 0 Å². The topological polar surface area (TPSA) is 49.9 Å². The Balaban J connectivity index is 2.67. The molecule has 5 nitrogen and oxygen atoms in total. The largest absolute Gasteiger partial charge is 0.379 e. The second kappa shape index (κ2) is 7.31. The summed E-state index contributed by atoms with van der Waals surface area (Å²) in [6, 6.07) is 0. The Morgan fingerprint density at radius 1 is 1.12 bits per heavy atom. The van der Waals surface area contributed by atoms with E-state index in [4.69, 9.17) is 4.74 Å². The summed E-state index contributed by atoms with van der Waals surface area (Å²) in [6.45, 7) is 7.30. The van der Waals surface area contributed by atoms with Gasteiger partial charge in [-0.3, -0.25) is 0 Å².